The molecule has 76 valence electrons. The van der Waals surface area contributed by atoms with Gasteiger partial charge in [0, 0.05) is 0 Å². The predicted molar refractivity (Wildman–Crippen MR) is 61.1 cm³/mol. The maximum Gasteiger partial charge on any atom is 0.243 e. The Hall–Kier alpha value is -1.83. The smallest absolute Gasteiger partial charge is 0.240 e. The van der Waals surface area contributed by atoms with Crippen LogP contribution in [0.2, 0.25) is 0 Å². The van der Waals surface area contributed by atoms with Crippen molar-refractivity contribution < 1.29 is 4.57 Å². The van der Waals surface area contributed by atoms with Gasteiger partial charge in [-0.15, -0.1) is 0 Å². The second-order valence-corrected chi connectivity index (χ2v) is 3.59. The Morgan fingerprint density at radius 1 is 1.27 bits per heavy atom. The molecule has 0 radical (unpaired) electrons. The van der Waals surface area contributed by atoms with Crippen LogP contribution in [0, 0.1) is 0 Å². The van der Waals surface area contributed by atoms with Crippen LogP contribution in [-0.4, -0.2) is 4.57 Å². The van der Waals surface area contributed by atoms with Crippen LogP contribution in [0.3, 0.4) is 0 Å². The van der Waals surface area contributed by atoms with Crippen LogP contribution < -0.4 is 4.57 Å². The zero-order chi connectivity index (χ0) is 10.5. The molecular weight excluding hydrogens is 184 g/mol. The van der Waals surface area contributed by atoms with Gasteiger partial charge in [0.2, 0.25) is 6.33 Å². The molecule has 0 unspecified atom stereocenters. The first kappa shape index (κ1) is 9.71. The maximum atomic E-state index is 2.16. The molecule has 2 heteroatoms. The SMILES string of the molecule is C[n+]1ccn(CC=Cc2ccccc2)c1. The molecule has 0 saturated heterocycles. The molecule has 2 aromatic rings. The van der Waals surface area contributed by atoms with Gasteiger partial charge in [0.1, 0.15) is 18.9 Å². The maximum absolute atomic E-state index is 2.16. The van der Waals surface area contributed by atoms with Crippen molar-refractivity contribution in [1.82, 2.24) is 4.57 Å². The lowest BCUT2D eigenvalue weighted by molar-refractivity contribution is -0.671. The van der Waals surface area contributed by atoms with Crippen LogP contribution in [0.5, 0.6) is 0 Å². The van der Waals surface area contributed by atoms with Gasteiger partial charge < -0.3 is 0 Å². The lowest BCUT2D eigenvalue weighted by Crippen LogP contribution is -2.23. The minimum atomic E-state index is 0.912. The van der Waals surface area contributed by atoms with Crippen molar-refractivity contribution in [3.63, 3.8) is 0 Å². The molecule has 2 rings (SSSR count). The highest BCUT2D eigenvalue weighted by Crippen LogP contribution is 2.01. The molecule has 15 heavy (non-hydrogen) atoms. The van der Waals surface area contributed by atoms with Crippen molar-refractivity contribution >= 4 is 6.08 Å². The standard InChI is InChI=1S/C13H15N2/c1-14-10-11-15(12-14)9-5-8-13-6-3-2-4-7-13/h2-8,10-12H,9H2,1H3/q+1. The van der Waals surface area contributed by atoms with Crippen molar-refractivity contribution in [2.75, 3.05) is 0 Å². The van der Waals surface area contributed by atoms with Gasteiger partial charge in [-0.3, -0.25) is 0 Å². The minimum Gasteiger partial charge on any atom is -0.240 e. The second kappa shape index (κ2) is 4.60. The summed E-state index contributed by atoms with van der Waals surface area (Å²) in [6, 6.07) is 10.3. The van der Waals surface area contributed by atoms with Crippen molar-refractivity contribution in [3.05, 3.63) is 60.7 Å². The molecule has 0 spiro atoms. The summed E-state index contributed by atoms with van der Waals surface area (Å²) < 4.78 is 4.18. The molecule has 0 aliphatic rings. The summed E-state index contributed by atoms with van der Waals surface area (Å²) in [7, 11) is 2.03. The fraction of sp³-hybridized carbons (Fsp3) is 0.154. The van der Waals surface area contributed by atoms with Gasteiger partial charge in [-0.1, -0.05) is 36.4 Å². The van der Waals surface area contributed by atoms with Gasteiger partial charge in [0.15, 0.2) is 0 Å². The van der Waals surface area contributed by atoms with E-state index in [-0.39, 0.29) is 0 Å². The molecule has 0 atom stereocenters. The highest BCUT2D eigenvalue weighted by atomic mass is 15.1. The first-order chi connectivity index (χ1) is 7.34. The third kappa shape index (κ3) is 2.81. The summed E-state index contributed by atoms with van der Waals surface area (Å²) in [6.45, 7) is 0.912. The summed E-state index contributed by atoms with van der Waals surface area (Å²) in [4.78, 5) is 0. The van der Waals surface area contributed by atoms with E-state index in [1.807, 2.05) is 23.9 Å². The van der Waals surface area contributed by atoms with Crippen LogP contribution in [0.25, 0.3) is 6.08 Å². The molecule has 0 amide bonds. The molecular formula is C13H15N2+. The van der Waals surface area contributed by atoms with Crippen molar-refractivity contribution in [2.24, 2.45) is 7.05 Å². The number of rotatable bonds is 3. The van der Waals surface area contributed by atoms with Gasteiger partial charge in [-0.25, -0.2) is 9.13 Å². The summed E-state index contributed by atoms with van der Waals surface area (Å²) in [5, 5.41) is 0. The van der Waals surface area contributed by atoms with Crippen LogP contribution in [-0.2, 0) is 13.6 Å². The van der Waals surface area contributed by atoms with Crippen molar-refractivity contribution in [2.45, 2.75) is 6.54 Å². The Labute approximate surface area is 90.1 Å². The molecule has 0 bridgehead atoms. The van der Waals surface area contributed by atoms with Crippen LogP contribution in [0.4, 0.5) is 0 Å². The first-order valence-corrected chi connectivity index (χ1v) is 5.07. The van der Waals surface area contributed by atoms with E-state index in [1.54, 1.807) is 0 Å². The Morgan fingerprint density at radius 2 is 2.07 bits per heavy atom. The van der Waals surface area contributed by atoms with Gasteiger partial charge >= 0.3 is 0 Å². The Morgan fingerprint density at radius 3 is 2.73 bits per heavy atom. The third-order valence-electron chi connectivity index (χ3n) is 2.25. The number of allylic oxidation sites excluding steroid dienone is 1. The summed E-state index contributed by atoms with van der Waals surface area (Å²) >= 11 is 0. The van der Waals surface area contributed by atoms with Gasteiger partial charge in [-0.05, 0) is 11.6 Å². The topological polar surface area (TPSA) is 8.81 Å². The van der Waals surface area contributed by atoms with Crippen LogP contribution in [0.15, 0.2) is 55.1 Å². The normalized spacial score (nSPS) is 11.0. The van der Waals surface area contributed by atoms with E-state index in [2.05, 4.69) is 53.5 Å². The Kier molecular flexibility index (Phi) is 2.98. The van der Waals surface area contributed by atoms with E-state index in [0.29, 0.717) is 0 Å². The van der Waals surface area contributed by atoms with Gasteiger partial charge in [-0.2, -0.15) is 0 Å². The molecule has 1 aromatic heterocycles. The molecule has 0 aliphatic carbocycles. The van der Waals surface area contributed by atoms with Crippen molar-refractivity contribution in [3.8, 4) is 0 Å². The lowest BCUT2D eigenvalue weighted by Gasteiger charge is -1.91. The Bertz CT molecular complexity index is 441. The van der Waals surface area contributed by atoms with Gasteiger partial charge in [0.25, 0.3) is 0 Å². The van der Waals surface area contributed by atoms with Crippen LogP contribution in [0.1, 0.15) is 5.56 Å². The fourth-order valence-electron chi connectivity index (χ4n) is 1.48. The molecule has 0 aliphatic heterocycles. The van der Waals surface area contributed by atoms with E-state index in [1.165, 1.54) is 5.56 Å². The van der Waals surface area contributed by atoms with E-state index >= 15 is 0 Å². The zero-order valence-corrected chi connectivity index (χ0v) is 8.88. The summed E-state index contributed by atoms with van der Waals surface area (Å²) in [6.07, 6.45) is 10.5. The minimum absolute atomic E-state index is 0.912. The summed E-state index contributed by atoms with van der Waals surface area (Å²) in [5.74, 6) is 0. The zero-order valence-electron chi connectivity index (χ0n) is 8.88. The van der Waals surface area contributed by atoms with Crippen molar-refractivity contribution in [1.29, 1.82) is 0 Å². The quantitative estimate of drug-likeness (QED) is 0.669. The molecule has 1 aromatic carbocycles. The number of imidazole rings is 1. The van der Waals surface area contributed by atoms with E-state index in [4.69, 9.17) is 0 Å². The average molecular weight is 199 g/mol. The predicted octanol–water partition coefficient (Wildman–Crippen LogP) is 2.03. The fourth-order valence-corrected chi connectivity index (χ4v) is 1.48. The molecule has 0 fully saturated rings. The lowest BCUT2D eigenvalue weighted by atomic mass is 10.2. The first-order valence-electron chi connectivity index (χ1n) is 5.07. The number of benzene rings is 1. The van der Waals surface area contributed by atoms with Gasteiger partial charge in [0.05, 0.1) is 7.05 Å². The highest BCUT2D eigenvalue weighted by Gasteiger charge is 1.95. The monoisotopic (exact) mass is 199 g/mol. The second-order valence-electron chi connectivity index (χ2n) is 3.59. The number of aryl methyl sites for hydroxylation is 1. The molecule has 0 N–H and O–H groups in total. The third-order valence-corrected chi connectivity index (χ3v) is 2.25. The van der Waals surface area contributed by atoms with E-state index in [9.17, 15) is 0 Å². The Balaban J connectivity index is 1.96. The number of hydrogen-bond donors (Lipinski definition) is 0. The van der Waals surface area contributed by atoms with E-state index in [0.717, 1.165) is 6.54 Å². The highest BCUT2D eigenvalue weighted by molar-refractivity contribution is 5.48. The summed E-state index contributed by atoms with van der Waals surface area (Å²) in [5.41, 5.74) is 1.24. The average Bonchev–Trinajstić information content (AvgIpc) is 2.66. The number of nitrogens with zero attached hydrogens (tertiary/aromatic N) is 2. The largest absolute Gasteiger partial charge is 0.243 e. The van der Waals surface area contributed by atoms with E-state index < -0.39 is 0 Å². The van der Waals surface area contributed by atoms with Crippen LogP contribution >= 0.6 is 0 Å². The molecule has 0 saturated carbocycles. The number of aromatic nitrogens is 2. The number of hydrogen-bond acceptors (Lipinski definition) is 0. The molecule has 2 nitrogen and oxygen atoms in total. The molecule has 1 heterocycles.